The summed E-state index contributed by atoms with van der Waals surface area (Å²) in [6, 6.07) is 4.78. The SMILES string of the molecule is CN(C[C@@H]1COCCO1)C(=O)Cc1ccc(O)c(Cl)c1. The predicted octanol–water partition coefficient (Wildman–Crippen LogP) is 1.46. The molecule has 2 rings (SSSR count). The summed E-state index contributed by atoms with van der Waals surface area (Å²) in [6.45, 7) is 2.20. The van der Waals surface area contributed by atoms with Gasteiger partial charge in [0.2, 0.25) is 5.91 Å². The fourth-order valence-corrected chi connectivity index (χ4v) is 2.22. The van der Waals surface area contributed by atoms with E-state index in [9.17, 15) is 9.90 Å². The van der Waals surface area contributed by atoms with Gasteiger partial charge in [-0.05, 0) is 17.7 Å². The molecule has 6 heteroatoms. The van der Waals surface area contributed by atoms with E-state index < -0.39 is 0 Å². The Bertz CT molecular complexity index is 474. The average molecular weight is 300 g/mol. The normalized spacial score (nSPS) is 18.8. The van der Waals surface area contributed by atoms with Gasteiger partial charge in [0.1, 0.15) is 5.75 Å². The van der Waals surface area contributed by atoms with Crippen LogP contribution in [0.25, 0.3) is 0 Å². The van der Waals surface area contributed by atoms with Gasteiger partial charge in [-0.25, -0.2) is 0 Å². The number of aromatic hydroxyl groups is 1. The highest BCUT2D eigenvalue weighted by Gasteiger charge is 2.19. The number of hydrogen-bond acceptors (Lipinski definition) is 4. The van der Waals surface area contributed by atoms with E-state index in [1.54, 1.807) is 24.1 Å². The number of rotatable bonds is 4. The zero-order valence-corrected chi connectivity index (χ0v) is 12.1. The van der Waals surface area contributed by atoms with Gasteiger partial charge in [-0.15, -0.1) is 0 Å². The van der Waals surface area contributed by atoms with E-state index in [1.165, 1.54) is 6.07 Å². The van der Waals surface area contributed by atoms with Crippen molar-refractivity contribution in [1.29, 1.82) is 0 Å². The van der Waals surface area contributed by atoms with Crippen LogP contribution in [0.1, 0.15) is 5.56 Å². The Labute approximate surface area is 123 Å². The molecule has 1 aliphatic rings. The first-order valence-electron chi connectivity index (χ1n) is 6.47. The zero-order valence-electron chi connectivity index (χ0n) is 11.3. The molecule has 0 bridgehead atoms. The van der Waals surface area contributed by atoms with Crippen molar-refractivity contribution in [3.63, 3.8) is 0 Å². The van der Waals surface area contributed by atoms with Crippen molar-refractivity contribution in [3.05, 3.63) is 28.8 Å². The van der Waals surface area contributed by atoms with Crippen molar-refractivity contribution in [2.45, 2.75) is 12.5 Å². The van der Waals surface area contributed by atoms with Crippen molar-refractivity contribution in [2.24, 2.45) is 0 Å². The average Bonchev–Trinajstić information content (AvgIpc) is 2.44. The summed E-state index contributed by atoms with van der Waals surface area (Å²) in [6.07, 6.45) is 0.172. The van der Waals surface area contributed by atoms with Crippen LogP contribution in [-0.2, 0) is 20.7 Å². The number of amides is 1. The van der Waals surface area contributed by atoms with E-state index >= 15 is 0 Å². The fraction of sp³-hybridized carbons (Fsp3) is 0.500. The maximum atomic E-state index is 12.1. The lowest BCUT2D eigenvalue weighted by Crippen LogP contribution is -2.41. The smallest absolute Gasteiger partial charge is 0.226 e. The number of carbonyl (C=O) groups is 1. The van der Waals surface area contributed by atoms with Gasteiger partial charge in [-0.2, -0.15) is 0 Å². The third-order valence-corrected chi connectivity index (χ3v) is 3.46. The molecule has 0 spiro atoms. The zero-order chi connectivity index (χ0) is 14.5. The number of likely N-dealkylation sites (N-methyl/N-ethyl adjacent to an activating group) is 1. The predicted molar refractivity (Wildman–Crippen MR) is 75.0 cm³/mol. The standard InChI is InChI=1S/C14H18ClNO4/c1-16(8-11-9-19-4-5-20-11)14(18)7-10-2-3-13(17)12(15)6-10/h2-3,6,11,17H,4-5,7-9H2,1H3/t11-/m1/s1. The Kier molecular flexibility index (Phi) is 5.23. The minimum Gasteiger partial charge on any atom is -0.506 e. The minimum atomic E-state index is -0.0684. The number of nitrogens with zero attached hydrogens (tertiary/aromatic N) is 1. The molecule has 110 valence electrons. The fourth-order valence-electron chi connectivity index (χ4n) is 2.02. The maximum Gasteiger partial charge on any atom is 0.226 e. The molecule has 1 N–H and O–H groups in total. The lowest BCUT2D eigenvalue weighted by Gasteiger charge is -2.27. The van der Waals surface area contributed by atoms with Crippen molar-refractivity contribution in [3.8, 4) is 5.75 Å². The molecule has 0 radical (unpaired) electrons. The van der Waals surface area contributed by atoms with Gasteiger partial charge < -0.3 is 19.5 Å². The number of benzene rings is 1. The Morgan fingerprint density at radius 3 is 2.95 bits per heavy atom. The molecule has 5 nitrogen and oxygen atoms in total. The Hall–Kier alpha value is -1.30. The second-order valence-electron chi connectivity index (χ2n) is 4.80. The van der Waals surface area contributed by atoms with Crippen molar-refractivity contribution < 1.29 is 19.4 Å². The van der Waals surface area contributed by atoms with E-state index in [4.69, 9.17) is 21.1 Å². The minimum absolute atomic E-state index is 0.0176. The molecule has 0 aliphatic carbocycles. The number of carbonyl (C=O) groups excluding carboxylic acids is 1. The number of ether oxygens (including phenoxy) is 2. The molecular weight excluding hydrogens is 282 g/mol. The van der Waals surface area contributed by atoms with E-state index in [1.807, 2.05) is 0 Å². The largest absolute Gasteiger partial charge is 0.506 e. The summed E-state index contributed by atoms with van der Waals surface area (Å²) in [5, 5.41) is 9.60. The second kappa shape index (κ2) is 6.92. The first-order chi connectivity index (χ1) is 9.56. The molecule has 1 amide bonds. The van der Waals surface area contributed by atoms with Gasteiger partial charge in [-0.3, -0.25) is 4.79 Å². The van der Waals surface area contributed by atoms with Crippen molar-refractivity contribution >= 4 is 17.5 Å². The highest BCUT2D eigenvalue weighted by Crippen LogP contribution is 2.24. The van der Waals surface area contributed by atoms with Gasteiger partial charge in [0.15, 0.2) is 0 Å². The van der Waals surface area contributed by atoms with E-state index in [-0.39, 0.29) is 29.2 Å². The van der Waals surface area contributed by atoms with E-state index in [0.29, 0.717) is 26.4 Å². The summed E-state index contributed by atoms with van der Waals surface area (Å²) in [7, 11) is 1.74. The van der Waals surface area contributed by atoms with Crippen LogP contribution in [0.3, 0.4) is 0 Å². The summed E-state index contributed by atoms with van der Waals surface area (Å²) < 4.78 is 10.8. The molecule has 0 saturated carbocycles. The van der Waals surface area contributed by atoms with Gasteiger partial charge in [0.25, 0.3) is 0 Å². The van der Waals surface area contributed by atoms with Gasteiger partial charge in [0.05, 0.1) is 37.4 Å². The first kappa shape index (κ1) is 15.1. The molecule has 1 heterocycles. The Morgan fingerprint density at radius 1 is 1.50 bits per heavy atom. The maximum absolute atomic E-state index is 12.1. The molecule has 1 atom stereocenters. The monoisotopic (exact) mass is 299 g/mol. The molecule has 0 unspecified atom stereocenters. The van der Waals surface area contributed by atoms with Crippen LogP contribution in [-0.4, -0.2) is 55.4 Å². The molecule has 1 aromatic carbocycles. The molecule has 1 fully saturated rings. The second-order valence-corrected chi connectivity index (χ2v) is 5.21. The lowest BCUT2D eigenvalue weighted by atomic mass is 10.1. The molecule has 1 saturated heterocycles. The number of phenolic OH excluding ortho intramolecular Hbond substituents is 1. The van der Waals surface area contributed by atoms with Crippen molar-refractivity contribution in [1.82, 2.24) is 4.90 Å². The number of phenols is 1. The van der Waals surface area contributed by atoms with Crippen LogP contribution >= 0.6 is 11.6 Å². The third-order valence-electron chi connectivity index (χ3n) is 3.16. The summed E-state index contributed by atoms with van der Waals surface area (Å²) >= 11 is 5.82. The Balaban J connectivity index is 1.88. The van der Waals surface area contributed by atoms with Crippen LogP contribution in [0.15, 0.2) is 18.2 Å². The van der Waals surface area contributed by atoms with E-state index in [2.05, 4.69) is 0 Å². The number of hydrogen-bond donors (Lipinski definition) is 1. The van der Waals surface area contributed by atoms with Crippen LogP contribution in [0.4, 0.5) is 0 Å². The summed E-state index contributed by atoms with van der Waals surface area (Å²) in [4.78, 5) is 13.7. The lowest BCUT2D eigenvalue weighted by molar-refractivity contribution is -0.135. The molecular formula is C14H18ClNO4. The highest BCUT2D eigenvalue weighted by atomic mass is 35.5. The van der Waals surface area contributed by atoms with Crippen LogP contribution in [0.5, 0.6) is 5.75 Å². The van der Waals surface area contributed by atoms with Gasteiger partial charge >= 0.3 is 0 Å². The topological polar surface area (TPSA) is 59.0 Å². The van der Waals surface area contributed by atoms with Crippen LogP contribution in [0, 0.1) is 0 Å². The van der Waals surface area contributed by atoms with Gasteiger partial charge in [0, 0.05) is 13.6 Å². The molecule has 0 aromatic heterocycles. The number of halogens is 1. The Morgan fingerprint density at radius 2 is 2.30 bits per heavy atom. The van der Waals surface area contributed by atoms with Crippen molar-refractivity contribution in [2.75, 3.05) is 33.4 Å². The molecule has 1 aromatic rings. The molecule has 20 heavy (non-hydrogen) atoms. The van der Waals surface area contributed by atoms with Crippen LogP contribution in [0.2, 0.25) is 5.02 Å². The summed E-state index contributed by atoms with van der Waals surface area (Å²) in [5.74, 6) is -0.00935. The van der Waals surface area contributed by atoms with E-state index in [0.717, 1.165) is 5.56 Å². The molecule has 1 aliphatic heterocycles. The van der Waals surface area contributed by atoms with Crippen LogP contribution < -0.4 is 0 Å². The first-order valence-corrected chi connectivity index (χ1v) is 6.85. The third kappa shape index (κ3) is 4.10. The quantitative estimate of drug-likeness (QED) is 0.914. The summed E-state index contributed by atoms with van der Waals surface area (Å²) in [5.41, 5.74) is 0.769. The highest BCUT2D eigenvalue weighted by molar-refractivity contribution is 6.32. The van der Waals surface area contributed by atoms with Gasteiger partial charge in [-0.1, -0.05) is 17.7 Å².